The van der Waals surface area contributed by atoms with E-state index in [0.717, 1.165) is 36.3 Å². The van der Waals surface area contributed by atoms with Crippen molar-refractivity contribution in [2.24, 2.45) is 5.92 Å². The summed E-state index contributed by atoms with van der Waals surface area (Å²) < 4.78 is 6.95. The summed E-state index contributed by atoms with van der Waals surface area (Å²) in [5.41, 5.74) is 2.76. The van der Waals surface area contributed by atoms with Crippen LogP contribution in [-0.4, -0.2) is 54.1 Å². The number of amides is 2. The molecule has 5 rings (SSSR count). The van der Waals surface area contributed by atoms with Gasteiger partial charge in [0.2, 0.25) is 5.91 Å². The van der Waals surface area contributed by atoms with Crippen molar-refractivity contribution < 1.29 is 14.1 Å². The lowest BCUT2D eigenvalue weighted by molar-refractivity contribution is -0.120. The summed E-state index contributed by atoms with van der Waals surface area (Å²) in [6.07, 6.45) is 7.49. The van der Waals surface area contributed by atoms with E-state index in [-0.39, 0.29) is 30.3 Å². The summed E-state index contributed by atoms with van der Waals surface area (Å²) in [5.74, 6) is 1.23. The van der Waals surface area contributed by atoms with Gasteiger partial charge in [-0.15, -0.1) is 10.2 Å². The molecule has 0 unspecified atom stereocenters. The van der Waals surface area contributed by atoms with Crippen molar-refractivity contribution in [1.29, 1.82) is 0 Å². The molecule has 3 N–H and O–H groups in total. The molecule has 1 saturated carbocycles. The van der Waals surface area contributed by atoms with E-state index < -0.39 is 0 Å². The van der Waals surface area contributed by atoms with Crippen LogP contribution in [-0.2, 0) is 4.79 Å². The number of aromatic nitrogens is 6. The fraction of sp³-hybridized carbons (Fsp3) is 0.429. The Hall–Kier alpha value is -3.76. The third kappa shape index (κ3) is 3.49. The molecule has 1 fully saturated rings. The van der Waals surface area contributed by atoms with Gasteiger partial charge in [-0.25, -0.2) is 4.98 Å². The van der Waals surface area contributed by atoms with Crippen molar-refractivity contribution in [1.82, 2.24) is 40.4 Å². The minimum absolute atomic E-state index is 0.00239. The molecular weight excluding hydrogens is 412 g/mol. The van der Waals surface area contributed by atoms with Crippen molar-refractivity contribution in [2.45, 2.75) is 45.1 Å². The van der Waals surface area contributed by atoms with Gasteiger partial charge >= 0.3 is 0 Å². The fourth-order valence-corrected chi connectivity index (χ4v) is 4.70. The molecule has 11 heteroatoms. The molecule has 0 bridgehead atoms. The Morgan fingerprint density at radius 1 is 1.28 bits per heavy atom. The van der Waals surface area contributed by atoms with E-state index in [9.17, 15) is 9.59 Å². The summed E-state index contributed by atoms with van der Waals surface area (Å²) in [5, 5.41) is 18.1. The van der Waals surface area contributed by atoms with Crippen molar-refractivity contribution in [3.63, 3.8) is 0 Å². The zero-order chi connectivity index (χ0) is 22.2. The molecule has 0 saturated heterocycles. The summed E-state index contributed by atoms with van der Waals surface area (Å²) in [4.78, 5) is 32.2. The molecule has 4 aromatic rings. The number of H-pyrrole nitrogens is 1. The van der Waals surface area contributed by atoms with Gasteiger partial charge in [-0.2, -0.15) is 0 Å². The van der Waals surface area contributed by atoms with Crippen LogP contribution in [0.1, 0.15) is 54.0 Å². The van der Waals surface area contributed by atoms with E-state index in [2.05, 4.69) is 47.3 Å². The molecule has 4 aromatic heterocycles. The van der Waals surface area contributed by atoms with Crippen molar-refractivity contribution in [3.8, 4) is 0 Å². The first kappa shape index (κ1) is 20.2. The number of nitrogens with zero attached hydrogens (tertiary/aromatic N) is 5. The Kier molecular flexibility index (Phi) is 5.08. The number of hydrogen-bond acceptors (Lipinski definition) is 7. The number of fused-ring (bicyclic) bond motifs is 3. The SMILES string of the molecule is CC[C@@H]1C[C@H](NC(=O)CNC(=O)c2cnoc2C)C[C@@H]1c1nnc2cnc3[nH]ccc3n12. The van der Waals surface area contributed by atoms with Gasteiger partial charge in [-0.3, -0.25) is 14.0 Å². The largest absolute Gasteiger partial charge is 0.361 e. The van der Waals surface area contributed by atoms with E-state index in [1.54, 1.807) is 13.1 Å². The van der Waals surface area contributed by atoms with Gasteiger partial charge in [0, 0.05) is 18.2 Å². The number of carbonyl (C=O) groups excluding carboxylic acids is 2. The highest BCUT2D eigenvalue weighted by Crippen LogP contribution is 2.41. The average Bonchev–Trinajstić information content (AvgIpc) is 3.56. The van der Waals surface area contributed by atoms with Gasteiger partial charge in [0.1, 0.15) is 17.1 Å². The number of rotatable bonds is 6. The second-order valence-corrected chi connectivity index (χ2v) is 8.21. The van der Waals surface area contributed by atoms with E-state index in [1.165, 1.54) is 6.20 Å². The first-order valence-corrected chi connectivity index (χ1v) is 10.7. The minimum Gasteiger partial charge on any atom is -0.361 e. The molecule has 3 atom stereocenters. The van der Waals surface area contributed by atoms with Crippen molar-refractivity contribution >= 4 is 28.6 Å². The highest BCUT2D eigenvalue weighted by Gasteiger charge is 2.37. The maximum absolute atomic E-state index is 12.5. The van der Waals surface area contributed by atoms with E-state index in [4.69, 9.17) is 4.52 Å². The summed E-state index contributed by atoms with van der Waals surface area (Å²) >= 11 is 0. The molecule has 0 spiro atoms. The molecule has 0 radical (unpaired) electrons. The molecule has 32 heavy (non-hydrogen) atoms. The molecular formula is C21H24N8O3. The molecule has 2 amide bonds. The third-order valence-electron chi connectivity index (χ3n) is 6.29. The maximum atomic E-state index is 12.5. The fourth-order valence-electron chi connectivity index (χ4n) is 4.70. The van der Waals surface area contributed by atoms with E-state index in [1.807, 2.05) is 12.3 Å². The number of aryl methyl sites for hydroxylation is 1. The Labute approximate surface area is 183 Å². The van der Waals surface area contributed by atoms with Crippen LogP contribution in [0.25, 0.3) is 16.8 Å². The highest BCUT2D eigenvalue weighted by molar-refractivity contribution is 5.96. The van der Waals surface area contributed by atoms with E-state index in [0.29, 0.717) is 22.9 Å². The Balaban J connectivity index is 1.28. The molecule has 166 valence electrons. The van der Waals surface area contributed by atoms with Gasteiger partial charge in [0.25, 0.3) is 5.91 Å². The van der Waals surface area contributed by atoms with Gasteiger partial charge in [0.15, 0.2) is 11.3 Å². The highest BCUT2D eigenvalue weighted by atomic mass is 16.5. The second kappa shape index (κ2) is 8.06. The predicted octanol–water partition coefficient (Wildman–Crippen LogP) is 1.72. The smallest absolute Gasteiger partial charge is 0.256 e. The van der Waals surface area contributed by atoms with Crippen LogP contribution in [0.15, 0.2) is 29.2 Å². The second-order valence-electron chi connectivity index (χ2n) is 8.21. The lowest BCUT2D eigenvalue weighted by atomic mass is 9.93. The summed E-state index contributed by atoms with van der Waals surface area (Å²) in [6.45, 7) is 3.70. The zero-order valence-electron chi connectivity index (χ0n) is 17.8. The number of hydrogen-bond donors (Lipinski definition) is 3. The van der Waals surface area contributed by atoms with Crippen molar-refractivity contribution in [2.75, 3.05) is 6.54 Å². The van der Waals surface area contributed by atoms with Crippen LogP contribution in [0.5, 0.6) is 0 Å². The topological polar surface area (TPSA) is 143 Å². The minimum atomic E-state index is -0.381. The van der Waals surface area contributed by atoms with Crippen LogP contribution >= 0.6 is 0 Å². The quantitative estimate of drug-likeness (QED) is 0.417. The van der Waals surface area contributed by atoms with Crippen LogP contribution < -0.4 is 10.6 Å². The number of nitrogens with one attached hydrogen (secondary N) is 3. The lowest BCUT2D eigenvalue weighted by Gasteiger charge is -2.15. The number of carbonyl (C=O) groups is 2. The Morgan fingerprint density at radius 3 is 2.94 bits per heavy atom. The molecule has 0 aliphatic heterocycles. The van der Waals surface area contributed by atoms with Crippen molar-refractivity contribution in [3.05, 3.63) is 41.8 Å². The predicted molar refractivity (Wildman–Crippen MR) is 114 cm³/mol. The Bertz CT molecular complexity index is 1290. The first-order valence-electron chi connectivity index (χ1n) is 10.7. The summed E-state index contributed by atoms with van der Waals surface area (Å²) in [6, 6.07) is 1.97. The van der Waals surface area contributed by atoms with Crippen LogP contribution in [0.3, 0.4) is 0 Å². The Morgan fingerprint density at radius 2 is 2.16 bits per heavy atom. The first-order chi connectivity index (χ1) is 15.5. The summed E-state index contributed by atoms with van der Waals surface area (Å²) in [7, 11) is 0. The third-order valence-corrected chi connectivity index (χ3v) is 6.29. The van der Waals surface area contributed by atoms with Gasteiger partial charge in [0.05, 0.1) is 24.5 Å². The normalized spacial score (nSPS) is 20.8. The molecule has 1 aliphatic carbocycles. The van der Waals surface area contributed by atoms with E-state index >= 15 is 0 Å². The van der Waals surface area contributed by atoms with Gasteiger partial charge in [-0.05, 0) is 31.7 Å². The van der Waals surface area contributed by atoms with Crippen LogP contribution in [0.2, 0.25) is 0 Å². The monoisotopic (exact) mass is 436 g/mol. The number of aromatic amines is 1. The zero-order valence-corrected chi connectivity index (χ0v) is 17.8. The molecule has 4 heterocycles. The van der Waals surface area contributed by atoms with Gasteiger partial charge < -0.3 is 20.1 Å². The molecule has 1 aliphatic rings. The average molecular weight is 436 g/mol. The molecule has 11 nitrogen and oxygen atoms in total. The standard InChI is InChI=1S/C21H24N8O3/c1-3-12-6-13(26-18(30)10-24-21(31)15-8-25-32-11(15)2)7-14(12)20-28-27-17-9-23-19-16(29(17)20)4-5-22-19/h4-5,8-9,12-14,22H,3,6-7,10H2,1-2H3,(H,24,31)(H,26,30)/t12-,13+,14+/m1/s1. The van der Waals surface area contributed by atoms with Crippen LogP contribution in [0.4, 0.5) is 0 Å². The van der Waals surface area contributed by atoms with Gasteiger partial charge in [-0.1, -0.05) is 18.5 Å². The van der Waals surface area contributed by atoms with Crippen LogP contribution in [0, 0.1) is 12.8 Å². The lowest BCUT2D eigenvalue weighted by Crippen LogP contribution is -2.41. The maximum Gasteiger partial charge on any atom is 0.256 e. The molecule has 0 aromatic carbocycles.